The molecule has 1 aromatic heterocycles. The quantitative estimate of drug-likeness (QED) is 0.804. The standard InChI is InChI=1S/C12H15ClN2O2/c13-9-2-1-8(5-9)6-15-12(17)10-7-14-4-3-11(10)16/h3-4,7-9H,1-2,5-6H2,(H,14,16)(H,15,17). The first-order chi connectivity index (χ1) is 8.16. The van der Waals surface area contributed by atoms with Crippen molar-refractivity contribution in [3.63, 3.8) is 0 Å². The zero-order chi connectivity index (χ0) is 12.3. The molecule has 0 aromatic carbocycles. The third-order valence-corrected chi connectivity index (χ3v) is 3.49. The molecule has 1 fully saturated rings. The number of hydrogen-bond acceptors (Lipinski definition) is 2. The third kappa shape index (κ3) is 3.09. The Morgan fingerprint density at radius 3 is 3.00 bits per heavy atom. The number of nitrogens with one attached hydrogen (secondary N) is 2. The van der Waals surface area contributed by atoms with Crippen LogP contribution in [0.25, 0.3) is 0 Å². The lowest BCUT2D eigenvalue weighted by Gasteiger charge is -2.10. The lowest BCUT2D eigenvalue weighted by Crippen LogP contribution is -2.32. The second kappa shape index (κ2) is 5.36. The molecular weight excluding hydrogens is 240 g/mol. The minimum Gasteiger partial charge on any atom is -0.367 e. The summed E-state index contributed by atoms with van der Waals surface area (Å²) in [6, 6.07) is 1.35. The maximum absolute atomic E-state index is 11.7. The Hall–Kier alpha value is -1.29. The van der Waals surface area contributed by atoms with Crippen LogP contribution >= 0.6 is 11.6 Å². The lowest BCUT2D eigenvalue weighted by molar-refractivity contribution is 0.0946. The highest BCUT2D eigenvalue weighted by Crippen LogP contribution is 2.28. The van der Waals surface area contributed by atoms with Crippen LogP contribution in [-0.4, -0.2) is 22.8 Å². The maximum Gasteiger partial charge on any atom is 0.256 e. The number of aromatic amines is 1. The smallest absolute Gasteiger partial charge is 0.256 e. The van der Waals surface area contributed by atoms with E-state index in [0.29, 0.717) is 12.5 Å². The Morgan fingerprint density at radius 1 is 1.53 bits per heavy atom. The Labute approximate surface area is 104 Å². The van der Waals surface area contributed by atoms with Crippen molar-refractivity contribution in [1.29, 1.82) is 0 Å². The first-order valence-corrected chi connectivity index (χ1v) is 6.20. The van der Waals surface area contributed by atoms with E-state index in [-0.39, 0.29) is 22.3 Å². The Bertz CT molecular complexity index is 458. The van der Waals surface area contributed by atoms with Gasteiger partial charge in [-0.25, -0.2) is 0 Å². The average Bonchev–Trinajstić information content (AvgIpc) is 2.73. The summed E-state index contributed by atoms with van der Waals surface area (Å²) in [5.74, 6) is 0.120. The van der Waals surface area contributed by atoms with Crippen molar-refractivity contribution in [2.45, 2.75) is 24.6 Å². The van der Waals surface area contributed by atoms with E-state index < -0.39 is 0 Å². The molecule has 0 radical (unpaired) electrons. The van der Waals surface area contributed by atoms with Crippen molar-refractivity contribution >= 4 is 17.5 Å². The molecule has 17 heavy (non-hydrogen) atoms. The molecule has 1 heterocycles. The van der Waals surface area contributed by atoms with Crippen LogP contribution in [0.5, 0.6) is 0 Å². The van der Waals surface area contributed by atoms with E-state index >= 15 is 0 Å². The van der Waals surface area contributed by atoms with Crippen molar-refractivity contribution in [3.8, 4) is 0 Å². The van der Waals surface area contributed by atoms with Gasteiger partial charge in [0.25, 0.3) is 5.91 Å². The van der Waals surface area contributed by atoms with E-state index in [1.807, 2.05) is 0 Å². The summed E-state index contributed by atoms with van der Waals surface area (Å²) in [7, 11) is 0. The largest absolute Gasteiger partial charge is 0.367 e. The Kier molecular flexibility index (Phi) is 3.84. The summed E-state index contributed by atoms with van der Waals surface area (Å²) in [4.78, 5) is 25.9. The topological polar surface area (TPSA) is 62.0 Å². The summed E-state index contributed by atoms with van der Waals surface area (Å²) < 4.78 is 0. The van der Waals surface area contributed by atoms with Crippen molar-refractivity contribution in [2.24, 2.45) is 5.92 Å². The fraction of sp³-hybridized carbons (Fsp3) is 0.500. The maximum atomic E-state index is 11.7. The number of H-pyrrole nitrogens is 1. The minimum absolute atomic E-state index is 0.160. The Balaban J connectivity index is 1.90. The fourth-order valence-corrected chi connectivity index (χ4v) is 2.50. The molecule has 5 heteroatoms. The molecule has 2 rings (SSSR count). The van der Waals surface area contributed by atoms with Crippen LogP contribution in [0.3, 0.4) is 0 Å². The normalized spacial score (nSPS) is 23.6. The van der Waals surface area contributed by atoms with Crippen LogP contribution in [0, 0.1) is 5.92 Å². The van der Waals surface area contributed by atoms with Crippen molar-refractivity contribution < 1.29 is 4.79 Å². The number of halogens is 1. The van der Waals surface area contributed by atoms with Crippen LogP contribution in [0.2, 0.25) is 0 Å². The van der Waals surface area contributed by atoms with Gasteiger partial charge in [-0.15, -0.1) is 11.6 Å². The van der Waals surface area contributed by atoms with Gasteiger partial charge in [0.05, 0.1) is 0 Å². The van der Waals surface area contributed by atoms with Gasteiger partial charge in [0, 0.05) is 30.4 Å². The van der Waals surface area contributed by atoms with Gasteiger partial charge >= 0.3 is 0 Å². The summed E-state index contributed by atoms with van der Waals surface area (Å²) in [6.07, 6.45) is 5.92. The number of carbonyl (C=O) groups excluding carboxylic acids is 1. The molecule has 4 nitrogen and oxygen atoms in total. The molecule has 1 aliphatic rings. The summed E-state index contributed by atoms with van der Waals surface area (Å²) >= 11 is 6.00. The molecule has 92 valence electrons. The van der Waals surface area contributed by atoms with Crippen molar-refractivity contribution in [2.75, 3.05) is 6.54 Å². The molecule has 2 N–H and O–H groups in total. The molecule has 1 amide bonds. The van der Waals surface area contributed by atoms with E-state index in [1.54, 1.807) is 0 Å². The monoisotopic (exact) mass is 254 g/mol. The summed E-state index contributed by atoms with van der Waals surface area (Å²) in [6.45, 7) is 0.594. The van der Waals surface area contributed by atoms with E-state index in [1.165, 1.54) is 18.5 Å². The van der Waals surface area contributed by atoms with Crippen LogP contribution < -0.4 is 10.7 Å². The van der Waals surface area contributed by atoms with Gasteiger partial charge in [0.15, 0.2) is 5.43 Å². The SMILES string of the molecule is O=C(NCC1CCC(Cl)C1)c1c[nH]ccc1=O. The second-order valence-electron chi connectivity index (χ2n) is 4.41. The highest BCUT2D eigenvalue weighted by Gasteiger charge is 2.23. The van der Waals surface area contributed by atoms with Crippen LogP contribution in [0.1, 0.15) is 29.6 Å². The van der Waals surface area contributed by atoms with Gasteiger partial charge in [0.1, 0.15) is 5.56 Å². The zero-order valence-corrected chi connectivity index (χ0v) is 10.2. The van der Waals surface area contributed by atoms with E-state index in [0.717, 1.165) is 19.3 Å². The van der Waals surface area contributed by atoms with E-state index in [2.05, 4.69) is 10.3 Å². The summed E-state index contributed by atoms with van der Waals surface area (Å²) in [5, 5.41) is 3.02. The average molecular weight is 255 g/mol. The molecule has 2 atom stereocenters. The second-order valence-corrected chi connectivity index (χ2v) is 5.03. The summed E-state index contributed by atoms with van der Waals surface area (Å²) in [5.41, 5.74) is -0.101. The number of carbonyl (C=O) groups is 1. The first kappa shape index (κ1) is 12.2. The van der Waals surface area contributed by atoms with Crippen molar-refractivity contribution in [3.05, 3.63) is 34.2 Å². The molecule has 1 aromatic rings. The molecule has 0 bridgehead atoms. The Morgan fingerprint density at radius 2 is 2.35 bits per heavy atom. The van der Waals surface area contributed by atoms with E-state index in [9.17, 15) is 9.59 Å². The van der Waals surface area contributed by atoms with Gasteiger partial charge < -0.3 is 10.3 Å². The molecule has 0 spiro atoms. The van der Waals surface area contributed by atoms with Gasteiger partial charge in [-0.3, -0.25) is 9.59 Å². The first-order valence-electron chi connectivity index (χ1n) is 5.76. The lowest BCUT2D eigenvalue weighted by atomic mass is 10.1. The van der Waals surface area contributed by atoms with Gasteiger partial charge in [-0.2, -0.15) is 0 Å². The molecule has 0 saturated heterocycles. The molecule has 0 aliphatic heterocycles. The predicted octanol–water partition coefficient (Wildman–Crippen LogP) is 1.51. The number of rotatable bonds is 3. The fourth-order valence-electron chi connectivity index (χ4n) is 2.13. The predicted molar refractivity (Wildman–Crippen MR) is 66.4 cm³/mol. The number of alkyl halides is 1. The molecule has 1 aliphatic carbocycles. The van der Waals surface area contributed by atoms with Crippen LogP contribution in [-0.2, 0) is 0 Å². The minimum atomic E-state index is -0.315. The highest BCUT2D eigenvalue weighted by atomic mass is 35.5. The van der Waals surface area contributed by atoms with E-state index in [4.69, 9.17) is 11.6 Å². The van der Waals surface area contributed by atoms with Crippen LogP contribution in [0.4, 0.5) is 0 Å². The highest BCUT2D eigenvalue weighted by molar-refractivity contribution is 6.20. The molecular formula is C12H15ClN2O2. The number of pyridine rings is 1. The third-order valence-electron chi connectivity index (χ3n) is 3.10. The number of amides is 1. The molecule has 2 unspecified atom stereocenters. The number of hydrogen-bond donors (Lipinski definition) is 2. The van der Waals surface area contributed by atoms with Crippen LogP contribution in [0.15, 0.2) is 23.3 Å². The number of aromatic nitrogens is 1. The molecule has 1 saturated carbocycles. The zero-order valence-electron chi connectivity index (χ0n) is 9.41. The van der Waals surface area contributed by atoms with Gasteiger partial charge in [-0.1, -0.05) is 0 Å². The van der Waals surface area contributed by atoms with Gasteiger partial charge in [0.2, 0.25) is 0 Å². The van der Waals surface area contributed by atoms with Gasteiger partial charge in [-0.05, 0) is 25.2 Å². The van der Waals surface area contributed by atoms with Crippen molar-refractivity contribution in [1.82, 2.24) is 10.3 Å².